The predicted molar refractivity (Wildman–Crippen MR) is 97.7 cm³/mol. The minimum Gasteiger partial charge on any atom is -0.389 e. The van der Waals surface area contributed by atoms with Crippen molar-refractivity contribution in [1.29, 1.82) is 0 Å². The van der Waals surface area contributed by atoms with E-state index in [9.17, 15) is 5.11 Å². The van der Waals surface area contributed by atoms with Crippen LogP contribution >= 0.6 is 23.2 Å². The molecule has 0 aliphatic carbocycles. The van der Waals surface area contributed by atoms with Gasteiger partial charge in [-0.2, -0.15) is 0 Å². The molecule has 0 saturated heterocycles. The largest absolute Gasteiger partial charge is 0.389 e. The summed E-state index contributed by atoms with van der Waals surface area (Å²) in [6.07, 6.45) is 7.85. The van der Waals surface area contributed by atoms with Crippen LogP contribution in [0.25, 0.3) is 6.08 Å². The van der Waals surface area contributed by atoms with E-state index in [0.717, 1.165) is 24.9 Å². The third-order valence-corrected chi connectivity index (χ3v) is 4.26. The second kappa shape index (κ2) is 10.3. The fourth-order valence-electron chi connectivity index (χ4n) is 2.49. The van der Waals surface area contributed by atoms with Crippen molar-refractivity contribution in [2.75, 3.05) is 20.6 Å². The first-order valence-corrected chi connectivity index (χ1v) is 8.65. The molecular weight excluding hydrogens is 317 g/mol. The second-order valence-electron chi connectivity index (χ2n) is 6.03. The smallest absolute Gasteiger partial charge is 0.0764 e. The molecule has 0 bridgehead atoms. The highest BCUT2D eigenvalue weighted by Crippen LogP contribution is 2.23. The monoisotopic (exact) mass is 343 g/mol. The van der Waals surface area contributed by atoms with E-state index >= 15 is 0 Å². The summed E-state index contributed by atoms with van der Waals surface area (Å²) in [7, 11) is 4.08. The number of hydrogen-bond donors (Lipinski definition) is 1. The molecule has 1 aromatic rings. The predicted octanol–water partition coefficient (Wildman–Crippen LogP) is 5.13. The van der Waals surface area contributed by atoms with E-state index in [-0.39, 0.29) is 5.92 Å². The first kappa shape index (κ1) is 19.5. The summed E-state index contributed by atoms with van der Waals surface area (Å²) in [5, 5.41) is 11.7. The van der Waals surface area contributed by atoms with Gasteiger partial charge in [0.1, 0.15) is 0 Å². The van der Waals surface area contributed by atoms with Crippen LogP contribution in [0.3, 0.4) is 0 Å². The Morgan fingerprint density at radius 3 is 2.55 bits per heavy atom. The van der Waals surface area contributed by atoms with Crippen molar-refractivity contribution in [1.82, 2.24) is 4.90 Å². The third-order valence-electron chi connectivity index (χ3n) is 3.70. The summed E-state index contributed by atoms with van der Waals surface area (Å²) in [5.74, 6) is 0.240. The van der Waals surface area contributed by atoms with Crippen molar-refractivity contribution in [3.63, 3.8) is 0 Å². The molecule has 2 nitrogen and oxygen atoms in total. The van der Waals surface area contributed by atoms with Gasteiger partial charge in [-0.3, -0.25) is 0 Å². The van der Waals surface area contributed by atoms with Crippen LogP contribution in [0.4, 0.5) is 0 Å². The van der Waals surface area contributed by atoms with Gasteiger partial charge in [0.15, 0.2) is 0 Å². The zero-order valence-electron chi connectivity index (χ0n) is 13.7. The number of halogens is 2. The number of hydrogen-bond acceptors (Lipinski definition) is 2. The second-order valence-corrected chi connectivity index (χ2v) is 6.88. The highest BCUT2D eigenvalue weighted by Gasteiger charge is 2.17. The summed E-state index contributed by atoms with van der Waals surface area (Å²) in [4.78, 5) is 2.13. The van der Waals surface area contributed by atoms with Crippen molar-refractivity contribution in [3.8, 4) is 0 Å². The topological polar surface area (TPSA) is 23.5 Å². The van der Waals surface area contributed by atoms with E-state index < -0.39 is 6.10 Å². The Balaban J connectivity index is 2.71. The molecule has 1 rings (SSSR count). The molecule has 0 aromatic heterocycles. The van der Waals surface area contributed by atoms with Gasteiger partial charge < -0.3 is 10.0 Å². The molecule has 0 fully saturated rings. The third kappa shape index (κ3) is 7.15. The number of rotatable bonds is 9. The minimum atomic E-state index is -0.467. The van der Waals surface area contributed by atoms with E-state index in [1.807, 2.05) is 32.3 Å². The fraction of sp³-hybridized carbons (Fsp3) is 0.556. The Kier molecular flexibility index (Phi) is 9.11. The molecule has 1 aromatic carbocycles. The molecule has 124 valence electrons. The number of nitrogens with zero attached hydrogens (tertiary/aromatic N) is 1. The lowest BCUT2D eigenvalue weighted by molar-refractivity contribution is 0.122. The Bertz CT molecular complexity index is 474. The summed E-state index contributed by atoms with van der Waals surface area (Å²) in [6.45, 7) is 3.07. The van der Waals surface area contributed by atoms with Crippen LogP contribution in [0.2, 0.25) is 10.0 Å². The first-order valence-electron chi connectivity index (χ1n) is 7.90. The zero-order chi connectivity index (χ0) is 16.5. The molecule has 2 unspecified atom stereocenters. The average Bonchev–Trinajstić information content (AvgIpc) is 2.45. The van der Waals surface area contributed by atoms with Crippen molar-refractivity contribution in [2.45, 2.75) is 38.7 Å². The Morgan fingerprint density at radius 1 is 1.23 bits per heavy atom. The van der Waals surface area contributed by atoms with Crippen LogP contribution in [-0.2, 0) is 0 Å². The van der Waals surface area contributed by atoms with Gasteiger partial charge in [0.25, 0.3) is 0 Å². The van der Waals surface area contributed by atoms with Crippen LogP contribution in [0, 0.1) is 5.92 Å². The van der Waals surface area contributed by atoms with Gasteiger partial charge in [0, 0.05) is 22.5 Å². The number of unbranched alkanes of at least 4 members (excludes halogenated alkanes) is 2. The zero-order valence-corrected chi connectivity index (χ0v) is 15.2. The number of benzene rings is 1. The van der Waals surface area contributed by atoms with E-state index in [4.69, 9.17) is 23.2 Å². The number of aliphatic hydroxyl groups is 1. The van der Waals surface area contributed by atoms with Gasteiger partial charge >= 0.3 is 0 Å². The molecule has 4 heteroatoms. The summed E-state index contributed by atoms with van der Waals surface area (Å²) in [6, 6.07) is 5.39. The Morgan fingerprint density at radius 2 is 1.95 bits per heavy atom. The quantitative estimate of drug-likeness (QED) is 0.628. The summed E-state index contributed by atoms with van der Waals surface area (Å²) >= 11 is 12.0. The molecule has 0 saturated carbocycles. The highest BCUT2D eigenvalue weighted by molar-refractivity contribution is 6.35. The summed E-state index contributed by atoms with van der Waals surface area (Å²) < 4.78 is 0. The standard InChI is InChI=1S/C18H27Cl2NO/c1-4-5-6-7-15(13-21(2)3)18(22)11-9-14-8-10-16(19)12-17(14)20/h8-12,15,18,22H,4-7,13H2,1-3H3/b11-9+. The lowest BCUT2D eigenvalue weighted by Crippen LogP contribution is -2.30. The normalized spacial score (nSPS) is 14.7. The number of aliphatic hydroxyl groups excluding tert-OH is 1. The lowest BCUT2D eigenvalue weighted by atomic mass is 9.94. The van der Waals surface area contributed by atoms with Gasteiger partial charge in [-0.1, -0.05) is 67.6 Å². The van der Waals surface area contributed by atoms with E-state index in [1.54, 1.807) is 12.1 Å². The maximum absolute atomic E-state index is 10.5. The maximum Gasteiger partial charge on any atom is 0.0764 e. The van der Waals surface area contributed by atoms with Gasteiger partial charge in [-0.15, -0.1) is 0 Å². The van der Waals surface area contributed by atoms with E-state index in [0.29, 0.717) is 10.0 Å². The summed E-state index contributed by atoms with van der Waals surface area (Å²) in [5.41, 5.74) is 0.877. The Labute approximate surface area is 144 Å². The van der Waals surface area contributed by atoms with Crippen LogP contribution in [-0.4, -0.2) is 36.8 Å². The molecule has 0 radical (unpaired) electrons. The molecule has 2 atom stereocenters. The average molecular weight is 344 g/mol. The van der Waals surface area contributed by atoms with E-state index in [2.05, 4.69) is 11.8 Å². The molecule has 0 amide bonds. The van der Waals surface area contributed by atoms with Crippen LogP contribution in [0.5, 0.6) is 0 Å². The molecule has 0 heterocycles. The fourth-order valence-corrected chi connectivity index (χ4v) is 2.96. The van der Waals surface area contributed by atoms with Gasteiger partial charge in [-0.25, -0.2) is 0 Å². The molecule has 0 aliphatic rings. The van der Waals surface area contributed by atoms with Crippen LogP contribution in [0.15, 0.2) is 24.3 Å². The van der Waals surface area contributed by atoms with Gasteiger partial charge in [-0.05, 0) is 38.2 Å². The maximum atomic E-state index is 10.5. The van der Waals surface area contributed by atoms with Crippen molar-refractivity contribution >= 4 is 29.3 Å². The molecule has 1 N–H and O–H groups in total. The van der Waals surface area contributed by atoms with Crippen molar-refractivity contribution < 1.29 is 5.11 Å². The molecule has 0 aliphatic heterocycles. The van der Waals surface area contributed by atoms with E-state index in [1.165, 1.54) is 12.8 Å². The van der Waals surface area contributed by atoms with Crippen molar-refractivity contribution in [2.24, 2.45) is 5.92 Å². The minimum absolute atomic E-state index is 0.240. The van der Waals surface area contributed by atoms with Crippen LogP contribution < -0.4 is 0 Å². The lowest BCUT2D eigenvalue weighted by Gasteiger charge is -2.24. The van der Waals surface area contributed by atoms with Gasteiger partial charge in [0.2, 0.25) is 0 Å². The first-order chi connectivity index (χ1) is 10.4. The molecular formula is C18H27Cl2NO. The van der Waals surface area contributed by atoms with Crippen LogP contribution in [0.1, 0.15) is 38.2 Å². The highest BCUT2D eigenvalue weighted by atomic mass is 35.5. The molecule has 22 heavy (non-hydrogen) atoms. The van der Waals surface area contributed by atoms with Crippen molar-refractivity contribution in [3.05, 3.63) is 39.9 Å². The van der Waals surface area contributed by atoms with Gasteiger partial charge in [0.05, 0.1) is 6.10 Å². The Hall–Kier alpha value is -0.540. The molecule has 0 spiro atoms. The SMILES string of the molecule is CCCCCC(CN(C)C)C(O)/C=C/c1ccc(Cl)cc1Cl.